The first-order chi connectivity index (χ1) is 15.2. The molecule has 166 valence electrons. The van der Waals surface area contributed by atoms with Crippen molar-refractivity contribution >= 4 is 11.8 Å². The number of pyridine rings is 2. The van der Waals surface area contributed by atoms with Gasteiger partial charge in [-0.1, -0.05) is 6.07 Å². The minimum atomic E-state index is 0.411. The Labute approximate surface area is 185 Å². The van der Waals surface area contributed by atoms with Gasteiger partial charge in [0, 0.05) is 43.6 Å². The van der Waals surface area contributed by atoms with Gasteiger partial charge in [0.1, 0.15) is 5.82 Å². The molecule has 31 heavy (non-hydrogen) atoms. The van der Waals surface area contributed by atoms with Crippen LogP contribution in [0.2, 0.25) is 0 Å². The van der Waals surface area contributed by atoms with E-state index in [1.807, 2.05) is 31.3 Å². The number of aryl methyl sites for hydroxylation is 1. The maximum Gasteiger partial charge on any atom is 0.213 e. The van der Waals surface area contributed by atoms with Crippen LogP contribution in [0.3, 0.4) is 0 Å². The lowest BCUT2D eigenvalue weighted by molar-refractivity contribution is 0.288. The quantitative estimate of drug-likeness (QED) is 0.502. The van der Waals surface area contributed by atoms with E-state index in [2.05, 4.69) is 44.6 Å². The Morgan fingerprint density at radius 1 is 1.19 bits per heavy atom. The second kappa shape index (κ2) is 10.5. The van der Waals surface area contributed by atoms with Gasteiger partial charge in [-0.05, 0) is 69.2 Å². The summed E-state index contributed by atoms with van der Waals surface area (Å²) in [4.78, 5) is 16.2. The molecule has 1 saturated heterocycles. The van der Waals surface area contributed by atoms with Crippen molar-refractivity contribution in [3.8, 4) is 5.88 Å². The largest absolute Gasteiger partial charge is 0.477 e. The average molecular weight is 423 g/mol. The molecular weight excluding hydrogens is 388 g/mol. The van der Waals surface area contributed by atoms with Crippen molar-refractivity contribution in [3.63, 3.8) is 0 Å². The third-order valence-corrected chi connectivity index (χ3v) is 5.76. The van der Waals surface area contributed by atoms with E-state index in [4.69, 9.17) is 9.73 Å². The van der Waals surface area contributed by atoms with Gasteiger partial charge in [-0.25, -0.2) is 15.0 Å². The molecule has 0 atom stereocenters. The molecule has 0 bridgehead atoms. The topological polar surface area (TPSA) is 74.7 Å². The third kappa shape index (κ3) is 6.57. The molecule has 2 aromatic heterocycles. The normalized spacial score (nSPS) is 17.5. The zero-order valence-electron chi connectivity index (χ0n) is 18.7. The van der Waals surface area contributed by atoms with Crippen LogP contribution in [0.25, 0.3) is 0 Å². The van der Waals surface area contributed by atoms with Crippen LogP contribution in [0.15, 0.2) is 41.5 Å². The fourth-order valence-corrected chi connectivity index (χ4v) is 3.76. The maximum atomic E-state index is 5.80. The zero-order valence-corrected chi connectivity index (χ0v) is 18.7. The maximum absolute atomic E-state index is 5.80. The number of hydrogen-bond donors (Lipinski definition) is 2. The number of hydrogen-bond acceptors (Lipinski definition) is 5. The molecule has 1 saturated carbocycles. The molecule has 2 fully saturated rings. The van der Waals surface area contributed by atoms with Gasteiger partial charge in [0.15, 0.2) is 5.96 Å². The molecule has 2 aromatic rings. The van der Waals surface area contributed by atoms with E-state index >= 15 is 0 Å². The smallest absolute Gasteiger partial charge is 0.213 e. The molecule has 1 aliphatic heterocycles. The number of aromatic nitrogens is 2. The van der Waals surface area contributed by atoms with Crippen LogP contribution >= 0.6 is 0 Å². The number of nitrogens with one attached hydrogen (secondary N) is 2. The molecule has 7 nitrogen and oxygen atoms in total. The lowest BCUT2D eigenvalue weighted by atomic mass is 10.1. The summed E-state index contributed by atoms with van der Waals surface area (Å²) in [5, 5.41) is 7.00. The van der Waals surface area contributed by atoms with E-state index in [1.54, 1.807) is 0 Å². The van der Waals surface area contributed by atoms with Crippen molar-refractivity contribution in [2.24, 2.45) is 10.9 Å². The molecule has 0 aromatic carbocycles. The molecule has 4 rings (SSSR count). The highest BCUT2D eigenvalue weighted by atomic mass is 16.5. The molecule has 0 radical (unpaired) electrons. The van der Waals surface area contributed by atoms with Crippen molar-refractivity contribution in [3.05, 3.63) is 47.8 Å². The molecular formula is C24H34N6O. The van der Waals surface area contributed by atoms with Gasteiger partial charge >= 0.3 is 0 Å². The van der Waals surface area contributed by atoms with E-state index in [0.29, 0.717) is 18.5 Å². The van der Waals surface area contributed by atoms with Crippen LogP contribution < -0.4 is 20.3 Å². The summed E-state index contributed by atoms with van der Waals surface area (Å²) in [6.07, 6.45) is 6.50. The van der Waals surface area contributed by atoms with Crippen molar-refractivity contribution in [1.82, 2.24) is 20.6 Å². The minimum absolute atomic E-state index is 0.411. The van der Waals surface area contributed by atoms with Gasteiger partial charge in [0.2, 0.25) is 5.88 Å². The summed E-state index contributed by atoms with van der Waals surface area (Å²) >= 11 is 0. The summed E-state index contributed by atoms with van der Waals surface area (Å²) in [6, 6.07) is 10.6. The number of nitrogens with zero attached hydrogens (tertiary/aromatic N) is 4. The van der Waals surface area contributed by atoms with Crippen LogP contribution in [0.4, 0.5) is 5.82 Å². The van der Waals surface area contributed by atoms with Gasteiger partial charge in [-0.15, -0.1) is 0 Å². The van der Waals surface area contributed by atoms with Crippen LogP contribution in [0.1, 0.15) is 43.9 Å². The minimum Gasteiger partial charge on any atom is -0.477 e. The van der Waals surface area contributed by atoms with Gasteiger partial charge in [0.25, 0.3) is 0 Å². The summed E-state index contributed by atoms with van der Waals surface area (Å²) in [6.45, 7) is 8.36. The molecule has 1 aliphatic carbocycles. The summed E-state index contributed by atoms with van der Waals surface area (Å²) < 4.78 is 5.80. The molecule has 2 aliphatic rings. The van der Waals surface area contributed by atoms with E-state index in [1.165, 1.54) is 12.8 Å². The highest BCUT2D eigenvalue weighted by Gasteiger charge is 2.22. The molecule has 0 unspecified atom stereocenters. The summed E-state index contributed by atoms with van der Waals surface area (Å²) in [5.41, 5.74) is 2.18. The number of piperidine rings is 1. The van der Waals surface area contributed by atoms with Crippen molar-refractivity contribution in [1.29, 1.82) is 0 Å². The molecule has 0 amide bonds. The lowest BCUT2D eigenvalue weighted by Gasteiger charge is -2.34. The highest BCUT2D eigenvalue weighted by molar-refractivity contribution is 5.80. The Bertz CT molecular complexity index is 874. The molecule has 0 spiro atoms. The van der Waals surface area contributed by atoms with E-state index in [0.717, 1.165) is 68.0 Å². The fraction of sp³-hybridized carbons (Fsp3) is 0.542. The van der Waals surface area contributed by atoms with E-state index < -0.39 is 0 Å². The van der Waals surface area contributed by atoms with Crippen molar-refractivity contribution < 1.29 is 4.74 Å². The Hall–Kier alpha value is -2.83. The monoisotopic (exact) mass is 422 g/mol. The fourth-order valence-electron chi connectivity index (χ4n) is 3.76. The third-order valence-electron chi connectivity index (χ3n) is 5.76. The number of rotatable bonds is 8. The lowest BCUT2D eigenvalue weighted by Crippen LogP contribution is -2.48. The predicted molar refractivity (Wildman–Crippen MR) is 125 cm³/mol. The second-order valence-corrected chi connectivity index (χ2v) is 8.49. The first-order valence-electron chi connectivity index (χ1n) is 11.5. The first kappa shape index (κ1) is 21.4. The Morgan fingerprint density at radius 3 is 2.77 bits per heavy atom. The predicted octanol–water partition coefficient (Wildman–Crippen LogP) is 3.30. The molecule has 7 heteroatoms. The number of aliphatic imine (C=N–C) groups is 1. The van der Waals surface area contributed by atoms with Gasteiger partial charge in [0.05, 0.1) is 13.2 Å². The van der Waals surface area contributed by atoms with Gasteiger partial charge < -0.3 is 20.3 Å². The Kier molecular flexibility index (Phi) is 7.22. The summed E-state index contributed by atoms with van der Waals surface area (Å²) in [5.74, 6) is 3.37. The van der Waals surface area contributed by atoms with Crippen LogP contribution in [0, 0.1) is 12.8 Å². The van der Waals surface area contributed by atoms with Gasteiger partial charge in [-0.3, -0.25) is 0 Å². The van der Waals surface area contributed by atoms with Crippen LogP contribution in [0.5, 0.6) is 5.88 Å². The molecule has 3 heterocycles. The van der Waals surface area contributed by atoms with E-state index in [9.17, 15) is 0 Å². The van der Waals surface area contributed by atoms with E-state index in [-0.39, 0.29) is 0 Å². The Balaban J connectivity index is 1.29. The first-order valence-corrected chi connectivity index (χ1v) is 11.5. The second-order valence-electron chi connectivity index (χ2n) is 8.49. The van der Waals surface area contributed by atoms with Gasteiger partial charge in [-0.2, -0.15) is 0 Å². The van der Waals surface area contributed by atoms with Crippen molar-refractivity contribution in [2.45, 2.75) is 52.1 Å². The summed E-state index contributed by atoms with van der Waals surface area (Å²) in [7, 11) is 0. The van der Waals surface area contributed by atoms with Crippen molar-refractivity contribution in [2.75, 3.05) is 31.1 Å². The standard InChI is InChI=1S/C24H34N6O/c1-3-25-24(27-16-20-9-12-26-23(15-20)31-17-19-7-8-19)29-21-10-13-30(14-11-21)22-6-4-5-18(2)28-22/h4-6,9,12,15,19,21H,3,7-8,10-11,13-14,16-17H2,1-2H3,(H2,25,27,29). The number of ether oxygens (including phenoxy) is 1. The number of guanidine groups is 1. The number of anilines is 1. The molecule has 2 N–H and O–H groups in total. The zero-order chi connectivity index (χ0) is 21.5. The SMILES string of the molecule is CCNC(=NCc1ccnc(OCC2CC2)c1)NC1CCN(c2cccc(C)n2)CC1. The Morgan fingerprint density at radius 2 is 2.03 bits per heavy atom. The van der Waals surface area contributed by atoms with Crippen LogP contribution in [-0.2, 0) is 6.54 Å². The van der Waals surface area contributed by atoms with Crippen LogP contribution in [-0.4, -0.2) is 48.2 Å². The highest BCUT2D eigenvalue weighted by Crippen LogP contribution is 2.29. The average Bonchev–Trinajstić information content (AvgIpc) is 3.62.